The van der Waals surface area contributed by atoms with Gasteiger partial charge in [0.1, 0.15) is 12.0 Å². The monoisotopic (exact) mass is 333 g/mol. The topological polar surface area (TPSA) is 48.0 Å². The Morgan fingerprint density at radius 3 is 2.60 bits per heavy atom. The number of rotatable bonds is 5. The Balaban J connectivity index is 1.83. The molecule has 0 N–H and O–H groups in total. The van der Waals surface area contributed by atoms with Gasteiger partial charge < -0.3 is 4.57 Å². The zero-order valence-electron chi connectivity index (χ0n) is 15.0. The quantitative estimate of drug-likeness (QED) is 0.553. The molecule has 3 heterocycles. The SMILES string of the molecule is CCCCn1c(C)c(C)c2c1ncn1nc(Cc3ccccc3)nc21. The molecule has 0 amide bonds. The molecule has 4 rings (SSSR count). The lowest BCUT2D eigenvalue weighted by molar-refractivity contribution is 0.631. The molecule has 0 bridgehead atoms. The molecule has 0 radical (unpaired) electrons. The van der Waals surface area contributed by atoms with E-state index in [9.17, 15) is 0 Å². The first-order valence-corrected chi connectivity index (χ1v) is 8.92. The Morgan fingerprint density at radius 2 is 1.84 bits per heavy atom. The van der Waals surface area contributed by atoms with E-state index in [0.717, 1.165) is 41.9 Å². The molecule has 0 spiro atoms. The zero-order chi connectivity index (χ0) is 17.4. The van der Waals surface area contributed by atoms with Crippen LogP contribution in [0.1, 0.15) is 42.4 Å². The molecule has 0 aliphatic heterocycles. The molecule has 5 heteroatoms. The predicted octanol–water partition coefficient (Wildman–Crippen LogP) is 4.09. The molecule has 0 aliphatic carbocycles. The van der Waals surface area contributed by atoms with Gasteiger partial charge >= 0.3 is 0 Å². The van der Waals surface area contributed by atoms with E-state index in [4.69, 9.17) is 4.98 Å². The summed E-state index contributed by atoms with van der Waals surface area (Å²) >= 11 is 0. The van der Waals surface area contributed by atoms with Crippen molar-refractivity contribution in [3.8, 4) is 0 Å². The Labute approximate surface area is 147 Å². The summed E-state index contributed by atoms with van der Waals surface area (Å²) in [5, 5.41) is 5.76. The van der Waals surface area contributed by atoms with Crippen LogP contribution in [-0.4, -0.2) is 24.1 Å². The van der Waals surface area contributed by atoms with Gasteiger partial charge in [-0.15, -0.1) is 5.10 Å². The average Bonchev–Trinajstić information content (AvgIpc) is 3.13. The van der Waals surface area contributed by atoms with Crippen molar-refractivity contribution in [2.75, 3.05) is 0 Å². The van der Waals surface area contributed by atoms with Crippen LogP contribution in [0.4, 0.5) is 0 Å². The van der Waals surface area contributed by atoms with Crippen LogP contribution in [0.5, 0.6) is 0 Å². The number of hydrogen-bond donors (Lipinski definition) is 0. The number of aromatic nitrogens is 5. The summed E-state index contributed by atoms with van der Waals surface area (Å²) in [5.41, 5.74) is 5.68. The van der Waals surface area contributed by atoms with Crippen LogP contribution in [0.15, 0.2) is 36.7 Å². The number of nitrogens with zero attached hydrogens (tertiary/aromatic N) is 5. The van der Waals surface area contributed by atoms with Crippen molar-refractivity contribution in [2.45, 2.75) is 46.6 Å². The smallest absolute Gasteiger partial charge is 0.168 e. The second-order valence-corrected chi connectivity index (χ2v) is 6.62. The van der Waals surface area contributed by atoms with Crippen LogP contribution in [0, 0.1) is 13.8 Å². The van der Waals surface area contributed by atoms with Gasteiger partial charge in [0.15, 0.2) is 11.5 Å². The highest BCUT2D eigenvalue weighted by Crippen LogP contribution is 2.27. The predicted molar refractivity (Wildman–Crippen MR) is 99.9 cm³/mol. The van der Waals surface area contributed by atoms with E-state index in [1.54, 1.807) is 6.33 Å². The summed E-state index contributed by atoms with van der Waals surface area (Å²) in [5.74, 6) is 0.832. The van der Waals surface area contributed by atoms with Crippen molar-refractivity contribution in [2.24, 2.45) is 0 Å². The van der Waals surface area contributed by atoms with Crippen LogP contribution in [0.3, 0.4) is 0 Å². The summed E-state index contributed by atoms with van der Waals surface area (Å²) in [7, 11) is 0. The molecule has 5 nitrogen and oxygen atoms in total. The first kappa shape index (κ1) is 15.8. The minimum Gasteiger partial charge on any atom is -0.329 e. The maximum Gasteiger partial charge on any atom is 0.168 e. The van der Waals surface area contributed by atoms with Gasteiger partial charge in [-0.3, -0.25) is 0 Å². The van der Waals surface area contributed by atoms with E-state index in [2.05, 4.69) is 47.6 Å². The molecular formula is C20H23N5. The molecule has 1 aromatic carbocycles. The van der Waals surface area contributed by atoms with Crippen molar-refractivity contribution >= 4 is 16.7 Å². The van der Waals surface area contributed by atoms with Crippen molar-refractivity contribution in [1.29, 1.82) is 0 Å². The normalized spacial score (nSPS) is 11.6. The number of fused-ring (bicyclic) bond motifs is 3. The molecule has 0 unspecified atom stereocenters. The second kappa shape index (κ2) is 6.31. The summed E-state index contributed by atoms with van der Waals surface area (Å²) in [6, 6.07) is 10.3. The fourth-order valence-electron chi connectivity index (χ4n) is 3.42. The van der Waals surface area contributed by atoms with Crippen LogP contribution >= 0.6 is 0 Å². The maximum absolute atomic E-state index is 4.83. The third-order valence-corrected chi connectivity index (χ3v) is 4.93. The van der Waals surface area contributed by atoms with Crippen molar-refractivity contribution in [1.82, 2.24) is 24.1 Å². The Hall–Kier alpha value is -2.69. The highest BCUT2D eigenvalue weighted by Gasteiger charge is 2.17. The first-order chi connectivity index (χ1) is 12.2. The molecule has 25 heavy (non-hydrogen) atoms. The van der Waals surface area contributed by atoms with Gasteiger partial charge in [-0.05, 0) is 31.4 Å². The maximum atomic E-state index is 4.83. The van der Waals surface area contributed by atoms with Crippen LogP contribution in [0.25, 0.3) is 16.7 Å². The van der Waals surface area contributed by atoms with E-state index < -0.39 is 0 Å². The molecule has 0 fully saturated rings. The van der Waals surface area contributed by atoms with Crippen LogP contribution in [-0.2, 0) is 13.0 Å². The number of aryl methyl sites for hydroxylation is 2. The zero-order valence-corrected chi connectivity index (χ0v) is 15.0. The summed E-state index contributed by atoms with van der Waals surface area (Å²) in [6.07, 6.45) is 4.86. The third-order valence-electron chi connectivity index (χ3n) is 4.93. The molecule has 3 aromatic heterocycles. The molecule has 0 aliphatic rings. The minimum absolute atomic E-state index is 0.735. The van der Waals surface area contributed by atoms with E-state index >= 15 is 0 Å². The molecule has 0 saturated carbocycles. The molecule has 4 aromatic rings. The first-order valence-electron chi connectivity index (χ1n) is 8.92. The Kier molecular flexibility index (Phi) is 3.99. The van der Waals surface area contributed by atoms with Crippen molar-refractivity contribution in [3.05, 3.63) is 59.3 Å². The molecule has 0 atom stereocenters. The van der Waals surface area contributed by atoms with E-state index in [0.29, 0.717) is 0 Å². The standard InChI is InChI=1S/C20H23N5/c1-4-5-11-24-15(3)14(2)18-19(24)21-13-25-20(18)22-17(23-25)12-16-9-7-6-8-10-16/h6-10,13H,4-5,11-12H2,1-3H3. The fourth-order valence-corrected chi connectivity index (χ4v) is 3.42. The second-order valence-electron chi connectivity index (χ2n) is 6.62. The number of benzene rings is 1. The molecule has 0 saturated heterocycles. The number of unbranched alkanes of at least 4 members (excludes halogenated alkanes) is 1. The van der Waals surface area contributed by atoms with E-state index in [1.165, 1.54) is 23.2 Å². The molecular weight excluding hydrogens is 310 g/mol. The van der Waals surface area contributed by atoms with Gasteiger partial charge in [0.25, 0.3) is 0 Å². The lowest BCUT2D eigenvalue weighted by atomic mass is 10.1. The highest BCUT2D eigenvalue weighted by atomic mass is 15.3. The average molecular weight is 333 g/mol. The summed E-state index contributed by atoms with van der Waals surface area (Å²) in [4.78, 5) is 9.52. The Bertz CT molecular complexity index is 1030. The van der Waals surface area contributed by atoms with Crippen LogP contribution < -0.4 is 0 Å². The minimum atomic E-state index is 0.735. The van der Waals surface area contributed by atoms with Gasteiger partial charge in [0.2, 0.25) is 0 Å². The summed E-state index contributed by atoms with van der Waals surface area (Å²) < 4.78 is 4.14. The third kappa shape index (κ3) is 2.69. The largest absolute Gasteiger partial charge is 0.329 e. The lowest BCUT2D eigenvalue weighted by Gasteiger charge is -2.06. The van der Waals surface area contributed by atoms with Crippen LogP contribution in [0.2, 0.25) is 0 Å². The van der Waals surface area contributed by atoms with Gasteiger partial charge in [-0.1, -0.05) is 43.7 Å². The Morgan fingerprint density at radius 1 is 1.04 bits per heavy atom. The lowest BCUT2D eigenvalue weighted by Crippen LogP contribution is -2.02. The van der Waals surface area contributed by atoms with Gasteiger partial charge in [0.05, 0.1) is 5.39 Å². The van der Waals surface area contributed by atoms with E-state index in [-0.39, 0.29) is 0 Å². The molecule has 128 valence electrons. The number of hydrogen-bond acceptors (Lipinski definition) is 3. The van der Waals surface area contributed by atoms with Crippen molar-refractivity contribution in [3.63, 3.8) is 0 Å². The fraction of sp³-hybridized carbons (Fsp3) is 0.350. The van der Waals surface area contributed by atoms with Gasteiger partial charge in [-0.25, -0.2) is 14.5 Å². The van der Waals surface area contributed by atoms with Crippen molar-refractivity contribution < 1.29 is 0 Å². The van der Waals surface area contributed by atoms with E-state index in [1.807, 2.05) is 22.7 Å². The van der Waals surface area contributed by atoms with Gasteiger partial charge in [0, 0.05) is 18.7 Å². The summed E-state index contributed by atoms with van der Waals surface area (Å²) in [6.45, 7) is 7.55. The highest BCUT2D eigenvalue weighted by molar-refractivity contribution is 5.93. The van der Waals surface area contributed by atoms with Gasteiger partial charge in [-0.2, -0.15) is 0 Å².